The van der Waals surface area contributed by atoms with Crippen LogP contribution in [0.25, 0.3) is 10.6 Å². The first-order valence-corrected chi connectivity index (χ1v) is 10.1. The molecule has 0 atom stereocenters. The van der Waals surface area contributed by atoms with Gasteiger partial charge in [-0.3, -0.25) is 4.79 Å². The van der Waals surface area contributed by atoms with Crippen LogP contribution >= 0.6 is 22.7 Å². The van der Waals surface area contributed by atoms with E-state index in [-0.39, 0.29) is 11.8 Å². The van der Waals surface area contributed by atoms with Crippen LogP contribution in [0.5, 0.6) is 0 Å². The van der Waals surface area contributed by atoms with E-state index in [1.165, 1.54) is 23.5 Å². The molecule has 3 aromatic rings. The van der Waals surface area contributed by atoms with E-state index in [0.717, 1.165) is 15.4 Å². The Labute approximate surface area is 159 Å². The maximum atomic E-state index is 13.1. The number of hydrogen-bond acceptors (Lipinski definition) is 5. The van der Waals surface area contributed by atoms with Crippen molar-refractivity contribution in [1.29, 1.82) is 0 Å². The number of aromatic nitrogens is 1. The molecule has 0 radical (unpaired) electrons. The van der Waals surface area contributed by atoms with E-state index >= 15 is 0 Å². The minimum Gasteiger partial charge on any atom is -0.466 e. The molecule has 0 spiro atoms. The number of thiazole rings is 1. The van der Waals surface area contributed by atoms with E-state index in [9.17, 15) is 9.18 Å². The van der Waals surface area contributed by atoms with Crippen molar-refractivity contribution in [3.63, 3.8) is 0 Å². The number of benzene rings is 1. The summed E-state index contributed by atoms with van der Waals surface area (Å²) in [6.07, 6.45) is 1.04. The molecular weight excluding hydrogens is 371 g/mol. The lowest BCUT2D eigenvalue weighted by Crippen LogP contribution is -2.17. The van der Waals surface area contributed by atoms with Crippen LogP contribution in [-0.2, 0) is 16.1 Å². The van der Waals surface area contributed by atoms with Gasteiger partial charge in [-0.05, 0) is 49.1 Å². The lowest BCUT2D eigenvalue weighted by Gasteiger charge is -2.08. The Morgan fingerprint density at radius 2 is 2.04 bits per heavy atom. The second-order valence-electron chi connectivity index (χ2n) is 5.53. The Morgan fingerprint density at radius 3 is 2.73 bits per heavy atom. The van der Waals surface area contributed by atoms with Gasteiger partial charge in [-0.2, -0.15) is 0 Å². The van der Waals surface area contributed by atoms with Crippen molar-refractivity contribution < 1.29 is 13.9 Å². The number of nitrogens with zero attached hydrogens (tertiary/aromatic N) is 2. The summed E-state index contributed by atoms with van der Waals surface area (Å²) in [7, 11) is 0. The molecule has 3 rings (SSSR count). The minimum absolute atomic E-state index is 0.182. The summed E-state index contributed by atoms with van der Waals surface area (Å²) >= 11 is 3.20. The Hall–Kier alpha value is -2.25. The van der Waals surface area contributed by atoms with Crippen LogP contribution in [0.2, 0.25) is 0 Å². The molecule has 0 N–H and O–H groups in total. The predicted octanol–water partition coefficient (Wildman–Crippen LogP) is 4.99. The zero-order valence-electron chi connectivity index (χ0n) is 14.4. The number of thiophene rings is 1. The van der Waals surface area contributed by atoms with Crippen LogP contribution in [-0.4, -0.2) is 17.1 Å². The zero-order valence-corrected chi connectivity index (χ0v) is 16.0. The number of ether oxygens (including phenoxy) is 1. The first-order valence-electron chi connectivity index (χ1n) is 8.35. The molecule has 0 fully saturated rings. The van der Waals surface area contributed by atoms with Crippen molar-refractivity contribution in [2.24, 2.45) is 4.99 Å². The highest BCUT2D eigenvalue weighted by Gasteiger charge is 2.10. The monoisotopic (exact) mass is 390 g/mol. The number of carbonyl (C=O) groups excluding carboxylic acids is 1. The molecule has 4 nitrogen and oxygen atoms in total. The summed E-state index contributed by atoms with van der Waals surface area (Å²) in [6, 6.07) is 10.2. The smallest absolute Gasteiger partial charge is 0.305 e. The van der Waals surface area contributed by atoms with Crippen LogP contribution in [0.15, 0.2) is 52.2 Å². The van der Waals surface area contributed by atoms with Crippen LogP contribution in [0.1, 0.15) is 19.8 Å². The standard InChI is InChI=1S/C19H19FN2O2S2/c1-2-24-18(23)6-3-11-22-16(17-5-4-12-25-17)13-26-19(22)21-15-9-7-14(20)8-10-15/h4-5,7-10,12-13H,2-3,6,11H2,1H3. The number of carbonyl (C=O) groups is 1. The fraction of sp³-hybridized carbons (Fsp3) is 0.263. The third-order valence-electron chi connectivity index (χ3n) is 3.69. The highest BCUT2D eigenvalue weighted by molar-refractivity contribution is 7.14. The summed E-state index contributed by atoms with van der Waals surface area (Å²) in [5.74, 6) is -0.463. The van der Waals surface area contributed by atoms with Gasteiger partial charge in [0.25, 0.3) is 0 Å². The molecule has 0 bridgehead atoms. The molecule has 0 aliphatic carbocycles. The summed E-state index contributed by atoms with van der Waals surface area (Å²) in [6.45, 7) is 2.87. The second kappa shape index (κ2) is 8.91. The van der Waals surface area contributed by atoms with Crippen molar-refractivity contribution in [3.8, 4) is 10.6 Å². The fourth-order valence-corrected chi connectivity index (χ4v) is 4.27. The number of halogens is 1. The van der Waals surface area contributed by atoms with Crippen LogP contribution in [0, 0.1) is 5.82 Å². The maximum Gasteiger partial charge on any atom is 0.305 e. The first kappa shape index (κ1) is 18.5. The molecule has 0 saturated carbocycles. The van der Waals surface area contributed by atoms with Gasteiger partial charge in [-0.25, -0.2) is 9.38 Å². The Balaban J connectivity index is 1.89. The van der Waals surface area contributed by atoms with Gasteiger partial charge in [-0.1, -0.05) is 6.07 Å². The largest absolute Gasteiger partial charge is 0.466 e. The van der Waals surface area contributed by atoms with E-state index in [4.69, 9.17) is 4.74 Å². The van der Waals surface area contributed by atoms with Crippen LogP contribution < -0.4 is 4.80 Å². The molecule has 0 amide bonds. The van der Waals surface area contributed by atoms with E-state index < -0.39 is 0 Å². The zero-order chi connectivity index (χ0) is 18.4. The van der Waals surface area contributed by atoms with Crippen molar-refractivity contribution in [2.45, 2.75) is 26.3 Å². The van der Waals surface area contributed by atoms with E-state index in [1.807, 2.05) is 11.4 Å². The fourth-order valence-electron chi connectivity index (χ4n) is 2.50. The molecule has 0 unspecified atom stereocenters. The lowest BCUT2D eigenvalue weighted by atomic mass is 10.3. The second-order valence-corrected chi connectivity index (χ2v) is 7.31. The summed E-state index contributed by atoms with van der Waals surface area (Å²) in [4.78, 5) is 18.2. The molecule has 2 heterocycles. The average molecular weight is 391 g/mol. The van der Waals surface area contributed by atoms with E-state index in [0.29, 0.717) is 31.7 Å². The molecule has 0 aliphatic heterocycles. The SMILES string of the molecule is CCOC(=O)CCCn1c(-c2cccs2)csc1=Nc1ccc(F)cc1. The van der Waals surface area contributed by atoms with Gasteiger partial charge in [0, 0.05) is 18.3 Å². The molecule has 1 aromatic carbocycles. The number of hydrogen-bond donors (Lipinski definition) is 0. The molecule has 26 heavy (non-hydrogen) atoms. The number of esters is 1. The Morgan fingerprint density at radius 1 is 1.23 bits per heavy atom. The van der Waals surface area contributed by atoms with Gasteiger partial charge in [0.05, 0.1) is 22.9 Å². The quantitative estimate of drug-likeness (QED) is 0.533. The van der Waals surface area contributed by atoms with Gasteiger partial charge in [-0.15, -0.1) is 22.7 Å². The predicted molar refractivity (Wildman–Crippen MR) is 103 cm³/mol. The average Bonchev–Trinajstić information content (AvgIpc) is 3.27. The Bertz CT molecular complexity index is 912. The molecule has 0 aliphatic rings. The summed E-state index contributed by atoms with van der Waals surface area (Å²) in [5, 5.41) is 4.10. The maximum absolute atomic E-state index is 13.1. The molecular formula is C19H19FN2O2S2. The normalized spacial score (nSPS) is 11.7. The van der Waals surface area contributed by atoms with Gasteiger partial charge in [0.1, 0.15) is 5.82 Å². The van der Waals surface area contributed by atoms with Crippen LogP contribution in [0.3, 0.4) is 0 Å². The van der Waals surface area contributed by atoms with Crippen molar-refractivity contribution in [2.75, 3.05) is 6.61 Å². The summed E-state index contributed by atoms with van der Waals surface area (Å²) in [5.41, 5.74) is 1.78. The minimum atomic E-state index is -0.281. The highest BCUT2D eigenvalue weighted by atomic mass is 32.1. The molecule has 2 aromatic heterocycles. The first-order chi connectivity index (χ1) is 12.7. The molecule has 136 valence electrons. The van der Waals surface area contributed by atoms with Crippen molar-refractivity contribution in [1.82, 2.24) is 4.57 Å². The van der Waals surface area contributed by atoms with Gasteiger partial charge in [0.2, 0.25) is 0 Å². The topological polar surface area (TPSA) is 43.6 Å². The van der Waals surface area contributed by atoms with Crippen molar-refractivity contribution >= 4 is 34.3 Å². The van der Waals surface area contributed by atoms with Gasteiger partial charge in [0.15, 0.2) is 4.80 Å². The molecule has 7 heteroatoms. The molecule has 0 saturated heterocycles. The van der Waals surface area contributed by atoms with Gasteiger partial charge >= 0.3 is 5.97 Å². The highest BCUT2D eigenvalue weighted by Crippen LogP contribution is 2.26. The third-order valence-corrected chi connectivity index (χ3v) is 5.45. The van der Waals surface area contributed by atoms with Crippen LogP contribution in [0.4, 0.5) is 10.1 Å². The summed E-state index contributed by atoms with van der Waals surface area (Å²) < 4.78 is 20.2. The number of rotatable bonds is 7. The van der Waals surface area contributed by atoms with Crippen molar-refractivity contribution in [3.05, 3.63) is 57.8 Å². The van der Waals surface area contributed by atoms with Gasteiger partial charge < -0.3 is 9.30 Å². The third kappa shape index (κ3) is 4.68. The Kier molecular flexibility index (Phi) is 6.35. The lowest BCUT2D eigenvalue weighted by molar-refractivity contribution is -0.143. The van der Waals surface area contributed by atoms with E-state index in [1.54, 1.807) is 30.4 Å². The van der Waals surface area contributed by atoms with E-state index in [2.05, 4.69) is 21.0 Å².